The van der Waals surface area contributed by atoms with Crippen LogP contribution in [0.25, 0.3) is 33.3 Å². The Hall–Kier alpha value is -4.17. The molecule has 3 heterocycles. The summed E-state index contributed by atoms with van der Waals surface area (Å²) in [5, 5.41) is 10.1. The fourth-order valence-corrected chi connectivity index (χ4v) is 5.26. The maximum absolute atomic E-state index is 12.7. The van der Waals surface area contributed by atoms with E-state index >= 15 is 0 Å². The van der Waals surface area contributed by atoms with E-state index in [0.717, 1.165) is 27.6 Å². The molecule has 0 aliphatic heterocycles. The summed E-state index contributed by atoms with van der Waals surface area (Å²) in [6.07, 6.45) is 7.48. The number of nitrogens with zero attached hydrogens (tertiary/aromatic N) is 6. The third-order valence-electron chi connectivity index (χ3n) is 6.45. The van der Waals surface area contributed by atoms with Crippen LogP contribution in [-0.4, -0.2) is 64.5 Å². The van der Waals surface area contributed by atoms with Gasteiger partial charge in [0.05, 0.1) is 6.61 Å². The average molecular weight is 589 g/mol. The van der Waals surface area contributed by atoms with Gasteiger partial charge in [-0.3, -0.25) is 13.8 Å². The van der Waals surface area contributed by atoms with Gasteiger partial charge in [-0.1, -0.05) is 18.2 Å². The Labute approximate surface area is 244 Å². The van der Waals surface area contributed by atoms with Crippen molar-refractivity contribution in [2.75, 3.05) is 39.2 Å². The van der Waals surface area contributed by atoms with Crippen molar-refractivity contribution in [3.8, 4) is 28.3 Å². The minimum absolute atomic E-state index is 0.0138. The van der Waals surface area contributed by atoms with Crippen molar-refractivity contribution >= 4 is 30.5 Å². The van der Waals surface area contributed by atoms with Gasteiger partial charge < -0.3 is 19.3 Å². The average Bonchev–Trinajstić information content (AvgIpc) is 3.35. The first-order valence-electron chi connectivity index (χ1n) is 13.2. The maximum Gasteiger partial charge on any atom is 0.474 e. The van der Waals surface area contributed by atoms with Gasteiger partial charge in [0.2, 0.25) is 5.91 Å². The van der Waals surface area contributed by atoms with Crippen molar-refractivity contribution < 1.29 is 23.3 Å². The summed E-state index contributed by atoms with van der Waals surface area (Å²) >= 11 is 0. The first kappa shape index (κ1) is 30.8. The molecule has 1 amide bonds. The van der Waals surface area contributed by atoms with E-state index in [9.17, 15) is 19.5 Å². The zero-order valence-corrected chi connectivity index (χ0v) is 25.0. The summed E-state index contributed by atoms with van der Waals surface area (Å²) in [5.74, 6) is -0.143. The van der Waals surface area contributed by atoms with Gasteiger partial charge in [-0.2, -0.15) is 5.26 Å². The van der Waals surface area contributed by atoms with Gasteiger partial charge in [0.25, 0.3) is 0 Å². The van der Waals surface area contributed by atoms with Crippen LogP contribution in [0, 0.1) is 11.3 Å². The molecule has 2 unspecified atom stereocenters. The monoisotopic (exact) mass is 588 g/mol. The lowest BCUT2D eigenvalue weighted by molar-refractivity contribution is -0.113. The maximum atomic E-state index is 12.7. The van der Waals surface area contributed by atoms with Crippen LogP contribution in [0.5, 0.6) is 0 Å². The number of hydrogen-bond acceptors (Lipinski definition) is 8. The number of hydrogen-bond donors (Lipinski definition) is 1. The molecule has 218 valence electrons. The lowest BCUT2D eigenvalue weighted by Gasteiger charge is -2.19. The van der Waals surface area contributed by atoms with E-state index in [1.807, 2.05) is 55.4 Å². The van der Waals surface area contributed by atoms with E-state index in [1.165, 1.54) is 0 Å². The first-order chi connectivity index (χ1) is 20.0. The largest absolute Gasteiger partial charge is 0.474 e. The van der Waals surface area contributed by atoms with Crippen molar-refractivity contribution in [3.05, 3.63) is 78.9 Å². The molecule has 0 saturated heterocycles. The summed E-state index contributed by atoms with van der Waals surface area (Å²) in [6.45, 7) is 3.90. The van der Waals surface area contributed by atoms with Gasteiger partial charge >= 0.3 is 7.82 Å². The van der Waals surface area contributed by atoms with Crippen molar-refractivity contribution in [3.63, 3.8) is 0 Å². The highest BCUT2D eigenvalue weighted by Gasteiger charge is 2.26. The number of carbonyl (C=O) groups is 1. The fraction of sp³-hybridized carbons (Fsp3) is 0.267. The van der Waals surface area contributed by atoms with Crippen LogP contribution in [-0.2, 0) is 18.4 Å². The number of aromatic nitrogens is 3. The number of benzene rings is 1. The molecule has 4 rings (SSSR count). The molecule has 42 heavy (non-hydrogen) atoms. The normalized spacial score (nSPS) is 13.8. The van der Waals surface area contributed by atoms with Crippen LogP contribution in [0.1, 0.15) is 25.8 Å². The topological polar surface area (TPSA) is 134 Å². The number of fused-ring (bicyclic) bond motifs is 1. The predicted molar refractivity (Wildman–Crippen MR) is 161 cm³/mol. The molecule has 0 saturated carbocycles. The number of phosphoric acid groups is 1. The minimum Gasteiger partial charge on any atom is -0.312 e. The second-order valence-electron chi connectivity index (χ2n) is 9.79. The fourth-order valence-electron chi connectivity index (χ4n) is 4.39. The highest BCUT2D eigenvalue weighted by molar-refractivity contribution is 7.47. The Morgan fingerprint density at radius 2 is 1.95 bits per heavy atom. The molecule has 3 aromatic heterocycles. The van der Waals surface area contributed by atoms with Crippen molar-refractivity contribution in [1.82, 2.24) is 19.4 Å². The lowest BCUT2D eigenvalue weighted by Crippen LogP contribution is -2.24. The Bertz CT molecular complexity index is 1710. The van der Waals surface area contributed by atoms with Crippen molar-refractivity contribution in [2.45, 2.75) is 20.1 Å². The lowest BCUT2D eigenvalue weighted by atomic mass is 10.0. The van der Waals surface area contributed by atoms with Crippen LogP contribution >= 0.6 is 7.82 Å². The van der Waals surface area contributed by atoms with Crippen LogP contribution in [0.3, 0.4) is 0 Å². The van der Waals surface area contributed by atoms with E-state index in [0.29, 0.717) is 17.9 Å². The van der Waals surface area contributed by atoms with E-state index in [2.05, 4.69) is 11.1 Å². The van der Waals surface area contributed by atoms with E-state index < -0.39 is 14.1 Å². The molecule has 12 heteroatoms. The second-order valence-corrected chi connectivity index (χ2v) is 11.2. The van der Waals surface area contributed by atoms with E-state index in [1.54, 1.807) is 67.2 Å². The number of carbonyl (C=O) groups excluding carboxylic acids is 1. The van der Waals surface area contributed by atoms with E-state index in [4.69, 9.17) is 14.0 Å². The first-order valence-corrected chi connectivity index (χ1v) is 14.7. The van der Waals surface area contributed by atoms with Crippen LogP contribution in [0.2, 0.25) is 0 Å². The molecule has 0 aliphatic rings. The van der Waals surface area contributed by atoms with Gasteiger partial charge in [0.15, 0.2) is 0 Å². The van der Waals surface area contributed by atoms with Crippen molar-refractivity contribution in [2.24, 2.45) is 0 Å². The summed E-state index contributed by atoms with van der Waals surface area (Å²) in [7, 11) is 1.29. The minimum atomic E-state index is -4.30. The molecular formula is C30H33N6O5P. The van der Waals surface area contributed by atoms with Gasteiger partial charge in [-0.25, -0.2) is 14.5 Å². The summed E-state index contributed by atoms with van der Waals surface area (Å²) in [6, 6.07) is 15.0. The highest BCUT2D eigenvalue weighted by atomic mass is 31.2. The number of amides is 1. The molecule has 0 spiro atoms. The molecule has 1 aromatic carbocycles. The molecule has 0 bridgehead atoms. The molecule has 0 fully saturated rings. The number of rotatable bonds is 11. The third-order valence-corrected chi connectivity index (χ3v) is 7.61. The Morgan fingerprint density at radius 1 is 1.17 bits per heavy atom. The zero-order valence-electron chi connectivity index (χ0n) is 24.1. The molecule has 0 aliphatic carbocycles. The molecule has 2 atom stereocenters. The third kappa shape index (κ3) is 7.18. The standard InChI is InChI=1S/C30H33N6O5P/c1-6-40-42(38,39)41-21(2)36-20-28(23-12-13-32-25(15-23)18-31)27-17-24(19-33-30(27)36)22-9-7-10-26(16-22)35(5)29(37)11-8-14-34(3)4/h7-13,15-17,19-21H,6,14H2,1-5H3,(H,38,39)/b11-8+. The number of pyridine rings is 2. The number of nitriles is 1. The van der Waals surface area contributed by atoms with Crippen LogP contribution in [0.4, 0.5) is 5.69 Å². The SMILES string of the molecule is CCOP(=O)(O)OC(C)n1cc(-c2ccnc(C#N)c2)c2cc(-c3cccc(N(C)C(=O)/C=C/CN(C)C)c3)cnc21. The highest BCUT2D eigenvalue weighted by Crippen LogP contribution is 2.47. The second kappa shape index (κ2) is 13.2. The summed E-state index contributed by atoms with van der Waals surface area (Å²) in [4.78, 5) is 35.1. The van der Waals surface area contributed by atoms with Crippen molar-refractivity contribution in [1.29, 1.82) is 5.26 Å². The number of phosphoric ester groups is 1. The molecule has 1 N–H and O–H groups in total. The zero-order chi connectivity index (χ0) is 30.4. The summed E-state index contributed by atoms with van der Waals surface area (Å²) in [5.41, 5.74) is 4.54. The number of likely N-dealkylation sites (N-methyl/N-ethyl adjacent to an activating group) is 2. The van der Waals surface area contributed by atoms with Gasteiger partial charge in [0, 0.05) is 60.5 Å². The summed E-state index contributed by atoms with van der Waals surface area (Å²) < 4.78 is 24.3. The van der Waals surface area contributed by atoms with Crippen LogP contribution in [0.15, 0.2) is 73.2 Å². The smallest absolute Gasteiger partial charge is 0.312 e. The van der Waals surface area contributed by atoms with Crippen LogP contribution < -0.4 is 4.90 Å². The van der Waals surface area contributed by atoms with E-state index in [-0.39, 0.29) is 18.2 Å². The van der Waals surface area contributed by atoms with Gasteiger partial charge in [-0.15, -0.1) is 0 Å². The van der Waals surface area contributed by atoms with Gasteiger partial charge in [0.1, 0.15) is 23.6 Å². The quantitative estimate of drug-likeness (QED) is 0.181. The molecule has 4 aromatic rings. The Morgan fingerprint density at radius 3 is 2.67 bits per heavy atom. The predicted octanol–water partition coefficient (Wildman–Crippen LogP) is 5.39. The Kier molecular flexibility index (Phi) is 9.68. The molecular weight excluding hydrogens is 555 g/mol. The molecule has 11 nitrogen and oxygen atoms in total. The Balaban J connectivity index is 1.78. The molecule has 0 radical (unpaired) electrons. The van der Waals surface area contributed by atoms with Gasteiger partial charge in [-0.05, 0) is 69.4 Å². The number of anilines is 1.